The first kappa shape index (κ1) is 15.8. The Kier molecular flexibility index (Phi) is 3.73. The molecule has 3 rings (SSSR count). The van der Waals surface area contributed by atoms with Gasteiger partial charge in [-0.3, -0.25) is 0 Å². The molecule has 0 unspecified atom stereocenters. The number of ether oxygens (including phenoxy) is 1. The van der Waals surface area contributed by atoms with E-state index in [2.05, 4.69) is 0 Å². The fourth-order valence-electron chi connectivity index (χ4n) is 3.67. The minimum absolute atomic E-state index is 0.371. The van der Waals surface area contributed by atoms with Crippen molar-refractivity contribution in [2.75, 3.05) is 0 Å². The van der Waals surface area contributed by atoms with Gasteiger partial charge in [0.1, 0.15) is 5.60 Å². The van der Waals surface area contributed by atoms with Crippen molar-refractivity contribution in [2.45, 2.75) is 69.0 Å². The number of rotatable bonds is 2. The molecule has 1 aromatic rings. The normalized spacial score (nSPS) is 23.5. The second kappa shape index (κ2) is 5.20. The maximum absolute atomic E-state index is 13.2. The van der Waals surface area contributed by atoms with Gasteiger partial charge in [0.2, 0.25) is 9.84 Å². The predicted octanol–water partition coefficient (Wildman–Crippen LogP) is 4.16. The molecule has 0 aromatic heterocycles. The minimum Gasteiger partial charge on any atom is -0.360 e. The highest BCUT2D eigenvalue weighted by Crippen LogP contribution is 2.49. The summed E-state index contributed by atoms with van der Waals surface area (Å²) in [5, 5.41) is 0. The SMILES string of the molecule is Cc1ccc(S(=O)(=O)C2=CC(C)(C)OC23CCCCC3)cc1. The van der Waals surface area contributed by atoms with Crippen LogP contribution in [0.1, 0.15) is 51.5 Å². The molecule has 1 aliphatic heterocycles. The molecule has 0 atom stereocenters. The Morgan fingerprint density at radius 3 is 2.18 bits per heavy atom. The third-order valence-corrected chi connectivity index (χ3v) is 6.63. The largest absolute Gasteiger partial charge is 0.360 e. The Balaban J connectivity index is 2.08. The Morgan fingerprint density at radius 1 is 1.00 bits per heavy atom. The van der Waals surface area contributed by atoms with Crippen molar-refractivity contribution in [3.8, 4) is 0 Å². The third-order valence-electron chi connectivity index (χ3n) is 4.67. The quantitative estimate of drug-likeness (QED) is 0.821. The monoisotopic (exact) mass is 320 g/mol. The summed E-state index contributed by atoms with van der Waals surface area (Å²) in [6, 6.07) is 7.10. The highest BCUT2D eigenvalue weighted by Gasteiger charge is 2.51. The van der Waals surface area contributed by atoms with Crippen LogP contribution in [0.15, 0.2) is 40.1 Å². The summed E-state index contributed by atoms with van der Waals surface area (Å²) >= 11 is 0. The van der Waals surface area contributed by atoms with Crippen LogP contribution in [-0.4, -0.2) is 19.6 Å². The van der Waals surface area contributed by atoms with Crippen molar-refractivity contribution < 1.29 is 13.2 Å². The number of sulfone groups is 1. The molecule has 0 N–H and O–H groups in total. The van der Waals surface area contributed by atoms with Crippen molar-refractivity contribution in [1.29, 1.82) is 0 Å². The van der Waals surface area contributed by atoms with E-state index in [0.29, 0.717) is 9.80 Å². The number of hydrogen-bond acceptors (Lipinski definition) is 3. The molecule has 1 heterocycles. The predicted molar refractivity (Wildman–Crippen MR) is 87.4 cm³/mol. The first-order valence-corrected chi connectivity index (χ1v) is 9.49. The zero-order valence-electron chi connectivity index (χ0n) is 13.6. The molecule has 4 heteroatoms. The molecule has 0 radical (unpaired) electrons. The molecule has 0 bridgehead atoms. The van der Waals surface area contributed by atoms with Crippen LogP contribution in [0.3, 0.4) is 0 Å². The van der Waals surface area contributed by atoms with Gasteiger partial charge in [-0.1, -0.05) is 37.0 Å². The summed E-state index contributed by atoms with van der Waals surface area (Å²) in [5.74, 6) is 0. The highest BCUT2D eigenvalue weighted by molar-refractivity contribution is 7.95. The molecule has 0 amide bonds. The van der Waals surface area contributed by atoms with Crippen molar-refractivity contribution >= 4 is 9.84 Å². The van der Waals surface area contributed by atoms with Gasteiger partial charge < -0.3 is 4.74 Å². The van der Waals surface area contributed by atoms with Gasteiger partial charge in [0, 0.05) is 0 Å². The molecule has 1 saturated carbocycles. The molecule has 0 saturated heterocycles. The van der Waals surface area contributed by atoms with Crippen molar-refractivity contribution in [1.82, 2.24) is 0 Å². The highest BCUT2D eigenvalue weighted by atomic mass is 32.2. The van der Waals surface area contributed by atoms with Crippen LogP contribution < -0.4 is 0 Å². The molecule has 1 spiro atoms. The van der Waals surface area contributed by atoms with Crippen molar-refractivity contribution in [2.24, 2.45) is 0 Å². The summed E-state index contributed by atoms with van der Waals surface area (Å²) in [4.78, 5) is 0.851. The number of benzene rings is 1. The van der Waals surface area contributed by atoms with Gasteiger partial charge in [-0.15, -0.1) is 0 Å². The van der Waals surface area contributed by atoms with Crippen LogP contribution in [0.4, 0.5) is 0 Å². The van der Waals surface area contributed by atoms with E-state index in [1.165, 1.54) is 0 Å². The van der Waals surface area contributed by atoms with Gasteiger partial charge in [0.05, 0.1) is 15.4 Å². The van der Waals surface area contributed by atoms with Gasteiger partial charge >= 0.3 is 0 Å². The van der Waals surface area contributed by atoms with Crippen LogP contribution in [0, 0.1) is 6.92 Å². The fraction of sp³-hybridized carbons (Fsp3) is 0.556. The summed E-state index contributed by atoms with van der Waals surface area (Å²) in [7, 11) is -3.50. The zero-order valence-corrected chi connectivity index (χ0v) is 14.4. The van der Waals surface area contributed by atoms with Crippen LogP contribution in [0.5, 0.6) is 0 Å². The fourth-order valence-corrected chi connectivity index (χ4v) is 5.59. The van der Waals surface area contributed by atoms with Gasteiger partial charge in [-0.25, -0.2) is 8.42 Å². The second-order valence-corrected chi connectivity index (χ2v) is 9.00. The van der Waals surface area contributed by atoms with Gasteiger partial charge in [0.25, 0.3) is 0 Å². The van der Waals surface area contributed by atoms with Crippen LogP contribution >= 0.6 is 0 Å². The zero-order chi connectivity index (χ0) is 16.0. The molecule has 2 aliphatic rings. The van der Waals surface area contributed by atoms with E-state index >= 15 is 0 Å². The van der Waals surface area contributed by atoms with Crippen LogP contribution in [-0.2, 0) is 14.6 Å². The average Bonchev–Trinajstić information content (AvgIpc) is 2.71. The average molecular weight is 320 g/mol. The molecule has 1 fully saturated rings. The first-order chi connectivity index (χ1) is 10.3. The maximum Gasteiger partial charge on any atom is 0.205 e. The van der Waals surface area contributed by atoms with E-state index in [1.54, 1.807) is 12.1 Å². The number of hydrogen-bond donors (Lipinski definition) is 0. The lowest BCUT2D eigenvalue weighted by atomic mass is 9.85. The Labute approximate surface area is 133 Å². The summed E-state index contributed by atoms with van der Waals surface area (Å²) in [6.45, 7) is 5.85. The summed E-state index contributed by atoms with van der Waals surface area (Å²) < 4.78 is 32.6. The van der Waals surface area contributed by atoms with Gasteiger partial charge in [-0.2, -0.15) is 0 Å². The van der Waals surface area contributed by atoms with Crippen molar-refractivity contribution in [3.05, 3.63) is 40.8 Å². The maximum atomic E-state index is 13.2. The van der Waals surface area contributed by atoms with E-state index in [-0.39, 0.29) is 0 Å². The molecule has 1 aliphatic carbocycles. The van der Waals surface area contributed by atoms with Crippen molar-refractivity contribution in [3.63, 3.8) is 0 Å². The van der Waals surface area contributed by atoms with E-state index in [0.717, 1.165) is 37.7 Å². The molecule has 3 nitrogen and oxygen atoms in total. The lowest BCUT2D eigenvalue weighted by Gasteiger charge is -2.37. The van der Waals surface area contributed by atoms with Crippen LogP contribution in [0.25, 0.3) is 0 Å². The topological polar surface area (TPSA) is 43.4 Å². The van der Waals surface area contributed by atoms with Gasteiger partial charge in [0.15, 0.2) is 0 Å². The number of aryl methyl sites for hydroxylation is 1. The van der Waals surface area contributed by atoms with Gasteiger partial charge in [-0.05, 0) is 51.8 Å². The molecular formula is C18H24O3S. The Bertz CT molecular complexity index is 690. The second-order valence-electron chi connectivity index (χ2n) is 7.09. The molecular weight excluding hydrogens is 296 g/mol. The third kappa shape index (κ3) is 2.63. The van der Waals surface area contributed by atoms with E-state index in [1.807, 2.05) is 39.0 Å². The smallest absolute Gasteiger partial charge is 0.205 e. The van der Waals surface area contributed by atoms with Crippen LogP contribution in [0.2, 0.25) is 0 Å². The van der Waals surface area contributed by atoms with E-state index in [9.17, 15) is 8.42 Å². The lowest BCUT2D eigenvalue weighted by Crippen LogP contribution is -2.39. The first-order valence-electron chi connectivity index (χ1n) is 8.01. The molecule has 1 aromatic carbocycles. The summed E-state index contributed by atoms with van der Waals surface area (Å²) in [6.07, 6.45) is 6.63. The minimum atomic E-state index is -3.50. The van der Waals surface area contributed by atoms with E-state index < -0.39 is 21.0 Å². The summed E-state index contributed by atoms with van der Waals surface area (Å²) in [5.41, 5.74) is -0.0843. The Hall–Kier alpha value is -1.13. The van der Waals surface area contributed by atoms with E-state index in [4.69, 9.17) is 4.74 Å². The standard InChI is InChI=1S/C18H24O3S/c1-14-7-9-15(10-8-14)22(19,20)16-13-17(2,3)21-18(16)11-5-4-6-12-18/h7-10,13H,4-6,11-12H2,1-3H3. The molecule has 120 valence electrons. The molecule has 22 heavy (non-hydrogen) atoms. The lowest BCUT2D eigenvalue weighted by molar-refractivity contribution is -0.0887. The Morgan fingerprint density at radius 2 is 1.59 bits per heavy atom.